The molecule has 1 aromatic rings. The van der Waals surface area contributed by atoms with E-state index in [-0.39, 0.29) is 24.4 Å². The number of rotatable bonds is 8. The maximum Gasteiger partial charge on any atom is 0.320 e. The number of carboxylic acid groups (broad SMARTS) is 1. The molecule has 1 aromatic carbocycles. The van der Waals surface area contributed by atoms with Crippen molar-refractivity contribution in [3.63, 3.8) is 0 Å². The Bertz CT molecular complexity index is 566. The highest BCUT2D eigenvalue weighted by atomic mass is 35.5. The molecule has 0 aliphatic heterocycles. The Hall–Kier alpha value is -1.30. The molecule has 0 aliphatic rings. The molecule has 3 atom stereocenters. The van der Waals surface area contributed by atoms with Gasteiger partial charge in [-0.05, 0) is 30.5 Å². The van der Waals surface area contributed by atoms with Crippen LogP contribution in [0.2, 0.25) is 10.0 Å². The van der Waals surface area contributed by atoms with Gasteiger partial charge in [0.2, 0.25) is 5.91 Å². The first-order chi connectivity index (χ1) is 10.8. The summed E-state index contributed by atoms with van der Waals surface area (Å²) in [6.45, 7) is 5.50. The molecule has 0 fully saturated rings. The minimum atomic E-state index is -0.954. The highest BCUT2D eigenvalue weighted by Gasteiger charge is 2.23. The zero-order chi connectivity index (χ0) is 17.6. The summed E-state index contributed by atoms with van der Waals surface area (Å²) in [5.41, 5.74) is 0.824. The van der Waals surface area contributed by atoms with Gasteiger partial charge in [0.15, 0.2) is 0 Å². The number of carbonyl (C=O) groups is 2. The van der Waals surface area contributed by atoms with Crippen molar-refractivity contribution in [3.8, 4) is 0 Å². The van der Waals surface area contributed by atoms with Crippen LogP contribution in [0.4, 0.5) is 0 Å². The largest absolute Gasteiger partial charge is 0.480 e. The second-order valence-electron chi connectivity index (χ2n) is 5.55. The topological polar surface area (TPSA) is 78.4 Å². The number of benzene rings is 1. The molecule has 0 bridgehead atoms. The van der Waals surface area contributed by atoms with Crippen LogP contribution in [0.1, 0.15) is 38.8 Å². The smallest absolute Gasteiger partial charge is 0.320 e. The summed E-state index contributed by atoms with van der Waals surface area (Å²) < 4.78 is 0. The Morgan fingerprint density at radius 2 is 1.87 bits per heavy atom. The van der Waals surface area contributed by atoms with Crippen molar-refractivity contribution in [2.45, 2.75) is 39.3 Å². The molecule has 0 spiro atoms. The number of aliphatic carboxylic acids is 1. The lowest BCUT2D eigenvalue weighted by molar-refractivity contribution is -0.141. The summed E-state index contributed by atoms with van der Waals surface area (Å²) in [5, 5.41) is 15.6. The molecule has 128 valence electrons. The van der Waals surface area contributed by atoms with E-state index in [4.69, 9.17) is 23.2 Å². The lowest BCUT2D eigenvalue weighted by atomic mass is 9.99. The summed E-state index contributed by atoms with van der Waals surface area (Å²) in [5.74, 6) is -1.30. The number of nitrogens with one attached hydrogen (secondary N) is 2. The summed E-state index contributed by atoms with van der Waals surface area (Å²) in [6, 6.07) is 4.15. The minimum absolute atomic E-state index is 0.0622. The highest BCUT2D eigenvalue weighted by molar-refractivity contribution is 6.42. The molecule has 1 rings (SSSR count). The number of carbonyl (C=O) groups excluding carboxylic acids is 1. The highest BCUT2D eigenvalue weighted by Crippen LogP contribution is 2.25. The summed E-state index contributed by atoms with van der Waals surface area (Å²) in [4.78, 5) is 23.2. The molecular formula is C16H22Cl2N2O3. The SMILES string of the molecule is CC[C@H](C)[C@H](NCC(=O)NC(C)c1ccc(Cl)c(Cl)c1)C(=O)O. The Kier molecular flexibility index (Phi) is 7.82. The van der Waals surface area contributed by atoms with Crippen LogP contribution in [0.15, 0.2) is 18.2 Å². The summed E-state index contributed by atoms with van der Waals surface area (Å²) in [6.07, 6.45) is 0.714. The molecule has 5 nitrogen and oxygen atoms in total. The molecule has 1 amide bonds. The van der Waals surface area contributed by atoms with E-state index in [9.17, 15) is 14.7 Å². The van der Waals surface area contributed by atoms with Gasteiger partial charge in [-0.2, -0.15) is 0 Å². The van der Waals surface area contributed by atoms with Crippen molar-refractivity contribution >= 4 is 35.1 Å². The Morgan fingerprint density at radius 1 is 1.22 bits per heavy atom. The quantitative estimate of drug-likeness (QED) is 0.664. The van der Waals surface area contributed by atoms with Crippen molar-refractivity contribution < 1.29 is 14.7 Å². The number of carboxylic acids is 1. The van der Waals surface area contributed by atoms with Crippen LogP contribution >= 0.6 is 23.2 Å². The van der Waals surface area contributed by atoms with Gasteiger partial charge in [0.1, 0.15) is 6.04 Å². The number of amides is 1. The van der Waals surface area contributed by atoms with Gasteiger partial charge in [0.05, 0.1) is 22.6 Å². The number of hydrogen-bond acceptors (Lipinski definition) is 3. The van der Waals surface area contributed by atoms with Gasteiger partial charge in [-0.25, -0.2) is 0 Å². The minimum Gasteiger partial charge on any atom is -0.480 e. The van der Waals surface area contributed by atoms with Gasteiger partial charge in [-0.15, -0.1) is 0 Å². The van der Waals surface area contributed by atoms with E-state index in [0.29, 0.717) is 16.5 Å². The van der Waals surface area contributed by atoms with E-state index < -0.39 is 12.0 Å². The first kappa shape index (κ1) is 19.7. The molecule has 1 unspecified atom stereocenters. The molecule has 0 saturated carbocycles. The molecular weight excluding hydrogens is 339 g/mol. The zero-order valence-corrected chi connectivity index (χ0v) is 14.9. The van der Waals surface area contributed by atoms with Crippen LogP contribution in [-0.4, -0.2) is 29.6 Å². The molecule has 0 heterocycles. The lowest BCUT2D eigenvalue weighted by Gasteiger charge is -2.21. The van der Waals surface area contributed by atoms with E-state index in [2.05, 4.69) is 10.6 Å². The second-order valence-corrected chi connectivity index (χ2v) is 6.36. The predicted octanol–water partition coefficient (Wildman–Crippen LogP) is 3.26. The van der Waals surface area contributed by atoms with Gasteiger partial charge in [-0.1, -0.05) is 49.5 Å². The maximum absolute atomic E-state index is 12.0. The molecule has 0 aliphatic carbocycles. The average Bonchev–Trinajstić information content (AvgIpc) is 2.49. The van der Waals surface area contributed by atoms with Crippen LogP contribution in [-0.2, 0) is 9.59 Å². The standard InChI is InChI=1S/C16H22Cl2N2O3/c1-4-9(2)15(16(22)23)19-8-14(21)20-10(3)11-5-6-12(17)13(18)7-11/h5-7,9-10,15,19H,4,8H2,1-3H3,(H,20,21)(H,22,23)/t9-,10?,15-/m0/s1. The fourth-order valence-corrected chi connectivity index (χ4v) is 2.43. The Morgan fingerprint density at radius 3 is 2.39 bits per heavy atom. The van der Waals surface area contributed by atoms with Gasteiger partial charge < -0.3 is 10.4 Å². The van der Waals surface area contributed by atoms with Crippen molar-refractivity contribution in [1.29, 1.82) is 0 Å². The monoisotopic (exact) mass is 360 g/mol. The van der Waals surface area contributed by atoms with Crippen LogP contribution < -0.4 is 10.6 Å². The van der Waals surface area contributed by atoms with Gasteiger partial charge in [-0.3, -0.25) is 14.9 Å². The lowest BCUT2D eigenvalue weighted by Crippen LogP contribution is -2.46. The molecule has 7 heteroatoms. The average molecular weight is 361 g/mol. The third kappa shape index (κ3) is 6.01. The number of halogens is 2. The van der Waals surface area contributed by atoms with Crippen molar-refractivity contribution in [2.75, 3.05) is 6.54 Å². The van der Waals surface area contributed by atoms with E-state index >= 15 is 0 Å². The third-order valence-corrected chi connectivity index (χ3v) is 4.52. The van der Waals surface area contributed by atoms with Crippen LogP contribution in [0.3, 0.4) is 0 Å². The molecule has 0 saturated heterocycles. The second kappa shape index (κ2) is 9.11. The molecule has 3 N–H and O–H groups in total. The van der Waals surface area contributed by atoms with Crippen molar-refractivity contribution in [3.05, 3.63) is 33.8 Å². The molecule has 23 heavy (non-hydrogen) atoms. The fourth-order valence-electron chi connectivity index (χ4n) is 2.13. The van der Waals surface area contributed by atoms with Crippen LogP contribution in [0, 0.1) is 5.92 Å². The normalized spacial score (nSPS) is 14.8. The van der Waals surface area contributed by atoms with E-state index in [0.717, 1.165) is 5.56 Å². The van der Waals surface area contributed by atoms with E-state index in [1.807, 2.05) is 20.8 Å². The maximum atomic E-state index is 12.0. The van der Waals surface area contributed by atoms with Gasteiger partial charge in [0, 0.05) is 0 Å². The van der Waals surface area contributed by atoms with Gasteiger partial charge >= 0.3 is 5.97 Å². The summed E-state index contributed by atoms with van der Waals surface area (Å²) >= 11 is 11.8. The van der Waals surface area contributed by atoms with Gasteiger partial charge in [0.25, 0.3) is 0 Å². The molecule has 0 radical (unpaired) electrons. The van der Waals surface area contributed by atoms with Crippen LogP contribution in [0.5, 0.6) is 0 Å². The molecule has 0 aromatic heterocycles. The number of hydrogen-bond donors (Lipinski definition) is 3. The van der Waals surface area contributed by atoms with E-state index in [1.165, 1.54) is 0 Å². The van der Waals surface area contributed by atoms with Crippen molar-refractivity contribution in [2.24, 2.45) is 5.92 Å². The predicted molar refractivity (Wildman–Crippen MR) is 91.9 cm³/mol. The first-order valence-corrected chi connectivity index (χ1v) is 8.22. The summed E-state index contributed by atoms with van der Waals surface area (Å²) in [7, 11) is 0. The fraction of sp³-hybridized carbons (Fsp3) is 0.500. The van der Waals surface area contributed by atoms with Crippen molar-refractivity contribution in [1.82, 2.24) is 10.6 Å². The third-order valence-electron chi connectivity index (χ3n) is 3.78. The Balaban J connectivity index is 2.58. The Labute approximate surface area is 146 Å². The first-order valence-electron chi connectivity index (χ1n) is 7.46. The van der Waals surface area contributed by atoms with E-state index in [1.54, 1.807) is 18.2 Å². The zero-order valence-electron chi connectivity index (χ0n) is 13.4. The van der Waals surface area contributed by atoms with Crippen LogP contribution in [0.25, 0.3) is 0 Å².